The van der Waals surface area contributed by atoms with Gasteiger partial charge in [-0.05, 0) is 35.2 Å². The van der Waals surface area contributed by atoms with Gasteiger partial charge in [0, 0.05) is 85.1 Å². The predicted molar refractivity (Wildman–Crippen MR) is 111 cm³/mol. The number of piperazine rings is 1. The SMILES string of the molecule is CN(C)CCN(C)CCN(CCO)CCN1CCN(CCN(C)C)CC1. The zero-order valence-electron chi connectivity index (χ0n) is 18.0. The summed E-state index contributed by atoms with van der Waals surface area (Å²) < 4.78 is 0. The van der Waals surface area contributed by atoms with E-state index in [1.165, 1.54) is 32.7 Å². The summed E-state index contributed by atoms with van der Waals surface area (Å²) >= 11 is 0. The molecule has 1 heterocycles. The second-order valence-electron chi connectivity index (χ2n) is 8.16. The molecular formula is C19H44N6O. The summed E-state index contributed by atoms with van der Waals surface area (Å²) in [7, 11) is 10.7. The largest absolute Gasteiger partial charge is 0.395 e. The van der Waals surface area contributed by atoms with Crippen LogP contribution in [0.15, 0.2) is 0 Å². The first-order valence-corrected chi connectivity index (χ1v) is 10.2. The molecule has 0 aromatic rings. The van der Waals surface area contributed by atoms with Gasteiger partial charge in [-0.25, -0.2) is 0 Å². The van der Waals surface area contributed by atoms with E-state index in [-0.39, 0.29) is 6.61 Å². The maximum absolute atomic E-state index is 9.37. The lowest BCUT2D eigenvalue weighted by Gasteiger charge is -2.36. The van der Waals surface area contributed by atoms with Gasteiger partial charge in [0.25, 0.3) is 0 Å². The van der Waals surface area contributed by atoms with E-state index >= 15 is 0 Å². The third-order valence-corrected chi connectivity index (χ3v) is 5.20. The quantitative estimate of drug-likeness (QED) is 0.417. The lowest BCUT2D eigenvalue weighted by Crippen LogP contribution is -2.50. The van der Waals surface area contributed by atoms with Crippen molar-refractivity contribution in [2.45, 2.75) is 0 Å². The Morgan fingerprint density at radius 3 is 1.62 bits per heavy atom. The minimum Gasteiger partial charge on any atom is -0.395 e. The molecule has 7 nitrogen and oxygen atoms in total. The second-order valence-corrected chi connectivity index (χ2v) is 8.16. The molecule has 1 aliphatic heterocycles. The molecule has 26 heavy (non-hydrogen) atoms. The number of hydrogen-bond donors (Lipinski definition) is 1. The van der Waals surface area contributed by atoms with Crippen molar-refractivity contribution in [3.8, 4) is 0 Å². The molecule has 0 unspecified atom stereocenters. The summed E-state index contributed by atoms with van der Waals surface area (Å²) in [6.07, 6.45) is 0. The molecule has 0 aliphatic carbocycles. The van der Waals surface area contributed by atoms with Crippen LogP contribution in [-0.4, -0.2) is 161 Å². The van der Waals surface area contributed by atoms with E-state index in [4.69, 9.17) is 0 Å². The average Bonchev–Trinajstić information content (AvgIpc) is 2.61. The standard InChI is InChI=1S/C19H44N6O/c1-20(2)6-8-22(5)9-11-25(18-19-26)17-16-24-14-12-23(13-15-24)10-7-21(3)4/h26H,6-19H2,1-5H3. The van der Waals surface area contributed by atoms with Crippen LogP contribution in [0.5, 0.6) is 0 Å². The van der Waals surface area contributed by atoms with Gasteiger partial charge >= 0.3 is 0 Å². The van der Waals surface area contributed by atoms with Gasteiger partial charge in [-0.15, -0.1) is 0 Å². The molecule has 156 valence electrons. The minimum atomic E-state index is 0.250. The van der Waals surface area contributed by atoms with Crippen molar-refractivity contribution in [1.82, 2.24) is 29.4 Å². The van der Waals surface area contributed by atoms with Crippen LogP contribution in [0.1, 0.15) is 0 Å². The van der Waals surface area contributed by atoms with Crippen LogP contribution in [0, 0.1) is 0 Å². The Balaban J connectivity index is 2.20. The Morgan fingerprint density at radius 2 is 1.12 bits per heavy atom. The van der Waals surface area contributed by atoms with Crippen LogP contribution in [0.25, 0.3) is 0 Å². The first-order chi connectivity index (χ1) is 12.4. The summed E-state index contributed by atoms with van der Waals surface area (Å²) in [6, 6.07) is 0. The van der Waals surface area contributed by atoms with E-state index in [0.29, 0.717) is 0 Å². The zero-order valence-corrected chi connectivity index (χ0v) is 18.0. The highest BCUT2D eigenvalue weighted by Crippen LogP contribution is 2.02. The number of rotatable bonds is 14. The highest BCUT2D eigenvalue weighted by molar-refractivity contribution is 4.74. The summed E-state index contributed by atoms with van der Waals surface area (Å²) in [5.74, 6) is 0. The predicted octanol–water partition coefficient (Wildman–Crippen LogP) is -1.05. The first kappa shape index (κ1) is 23.8. The zero-order chi connectivity index (χ0) is 19.4. The van der Waals surface area contributed by atoms with E-state index < -0.39 is 0 Å². The first-order valence-electron chi connectivity index (χ1n) is 10.2. The van der Waals surface area contributed by atoms with Crippen molar-refractivity contribution < 1.29 is 5.11 Å². The van der Waals surface area contributed by atoms with Crippen molar-refractivity contribution in [3.63, 3.8) is 0 Å². The fraction of sp³-hybridized carbons (Fsp3) is 1.00. The molecule has 0 bridgehead atoms. The third kappa shape index (κ3) is 11.4. The minimum absolute atomic E-state index is 0.250. The molecule has 0 spiro atoms. The number of aliphatic hydroxyl groups excluding tert-OH is 1. The number of nitrogens with zero attached hydrogens (tertiary/aromatic N) is 6. The lowest BCUT2D eigenvalue weighted by atomic mass is 10.3. The highest BCUT2D eigenvalue weighted by Gasteiger charge is 2.17. The van der Waals surface area contributed by atoms with Crippen molar-refractivity contribution >= 4 is 0 Å². The van der Waals surface area contributed by atoms with Gasteiger partial charge in [0.1, 0.15) is 0 Å². The third-order valence-electron chi connectivity index (χ3n) is 5.20. The average molecular weight is 373 g/mol. The maximum atomic E-state index is 9.37. The van der Waals surface area contributed by atoms with Gasteiger partial charge in [0.2, 0.25) is 0 Å². The highest BCUT2D eigenvalue weighted by atomic mass is 16.3. The van der Waals surface area contributed by atoms with Crippen molar-refractivity contribution in [2.75, 3.05) is 127 Å². The molecule has 1 saturated heterocycles. The van der Waals surface area contributed by atoms with Gasteiger partial charge in [0.05, 0.1) is 6.61 Å². The summed E-state index contributed by atoms with van der Waals surface area (Å²) in [5, 5.41) is 9.37. The number of aliphatic hydroxyl groups is 1. The molecular weight excluding hydrogens is 328 g/mol. The molecule has 1 N–H and O–H groups in total. The summed E-state index contributed by atoms with van der Waals surface area (Å²) in [5.41, 5.74) is 0. The molecule has 0 saturated carbocycles. The van der Waals surface area contributed by atoms with Crippen molar-refractivity contribution in [3.05, 3.63) is 0 Å². The van der Waals surface area contributed by atoms with E-state index in [1.807, 2.05) is 0 Å². The second kappa shape index (κ2) is 13.8. The van der Waals surface area contributed by atoms with Gasteiger partial charge in [-0.3, -0.25) is 14.7 Å². The normalized spacial score (nSPS) is 17.3. The Hall–Kier alpha value is -0.280. The topological polar surface area (TPSA) is 39.7 Å². The molecule has 0 radical (unpaired) electrons. The van der Waals surface area contributed by atoms with Crippen LogP contribution < -0.4 is 0 Å². The van der Waals surface area contributed by atoms with Gasteiger partial charge in [-0.2, -0.15) is 0 Å². The van der Waals surface area contributed by atoms with E-state index in [0.717, 1.165) is 52.4 Å². The molecule has 0 aromatic heterocycles. The van der Waals surface area contributed by atoms with Crippen LogP contribution in [-0.2, 0) is 0 Å². The Morgan fingerprint density at radius 1 is 0.615 bits per heavy atom. The van der Waals surface area contributed by atoms with Gasteiger partial charge in [-0.1, -0.05) is 0 Å². The number of likely N-dealkylation sites (N-methyl/N-ethyl adjacent to an activating group) is 3. The monoisotopic (exact) mass is 372 g/mol. The smallest absolute Gasteiger partial charge is 0.0558 e. The van der Waals surface area contributed by atoms with Gasteiger partial charge < -0.3 is 19.8 Å². The van der Waals surface area contributed by atoms with Crippen molar-refractivity contribution in [2.24, 2.45) is 0 Å². The van der Waals surface area contributed by atoms with Crippen LogP contribution >= 0.6 is 0 Å². The lowest BCUT2D eigenvalue weighted by molar-refractivity contribution is 0.105. The van der Waals surface area contributed by atoms with E-state index in [9.17, 15) is 5.11 Å². The molecule has 1 rings (SSSR count). The molecule has 7 heteroatoms. The number of hydrogen-bond acceptors (Lipinski definition) is 7. The van der Waals surface area contributed by atoms with Gasteiger partial charge in [0.15, 0.2) is 0 Å². The summed E-state index contributed by atoms with van der Waals surface area (Å²) in [6.45, 7) is 14.5. The van der Waals surface area contributed by atoms with Crippen molar-refractivity contribution in [1.29, 1.82) is 0 Å². The van der Waals surface area contributed by atoms with Crippen LogP contribution in [0.4, 0.5) is 0 Å². The fourth-order valence-electron chi connectivity index (χ4n) is 3.13. The Kier molecular flexibility index (Phi) is 12.6. The Bertz CT molecular complexity index is 334. The molecule has 0 amide bonds. The van der Waals surface area contributed by atoms with E-state index in [2.05, 4.69) is 64.6 Å². The van der Waals surface area contributed by atoms with Crippen LogP contribution in [0.3, 0.4) is 0 Å². The summed E-state index contributed by atoms with van der Waals surface area (Å²) in [4.78, 5) is 14.4. The van der Waals surface area contributed by atoms with Crippen LogP contribution in [0.2, 0.25) is 0 Å². The van der Waals surface area contributed by atoms with E-state index in [1.54, 1.807) is 0 Å². The fourth-order valence-corrected chi connectivity index (χ4v) is 3.13. The molecule has 0 aromatic carbocycles. The molecule has 1 aliphatic rings. The maximum Gasteiger partial charge on any atom is 0.0558 e. The Labute approximate surface area is 162 Å². The molecule has 1 fully saturated rings. The molecule has 0 atom stereocenters.